The lowest BCUT2D eigenvalue weighted by Gasteiger charge is -1.97. The zero-order valence-corrected chi connectivity index (χ0v) is 8.79. The molecule has 64 valence electrons. The van der Waals surface area contributed by atoms with Crippen LogP contribution in [-0.2, 0) is 0 Å². The van der Waals surface area contributed by atoms with Gasteiger partial charge in [-0.1, -0.05) is 0 Å². The quantitative estimate of drug-likeness (QED) is 0.377. The van der Waals surface area contributed by atoms with Crippen LogP contribution in [0.3, 0.4) is 0 Å². The number of hydrogen-bond donors (Lipinski definition) is 4. The van der Waals surface area contributed by atoms with Crippen LogP contribution in [0.15, 0.2) is 0 Å². The Balaban J connectivity index is 0. The summed E-state index contributed by atoms with van der Waals surface area (Å²) in [5.41, 5.74) is 0. The van der Waals surface area contributed by atoms with E-state index in [0.717, 1.165) is 0 Å². The largest absolute Gasteiger partial charge is 0.411 e. The lowest BCUT2D eigenvalue weighted by atomic mass is 11.9. The van der Waals surface area contributed by atoms with Crippen LogP contribution < -0.4 is 0 Å². The maximum Gasteiger partial charge on any atom is 0.326 e. The molecule has 0 rings (SSSR count). The van der Waals surface area contributed by atoms with Crippen LogP contribution in [0.1, 0.15) is 0 Å². The highest BCUT2D eigenvalue weighted by Gasteiger charge is 2.09. The van der Waals surface area contributed by atoms with Gasteiger partial charge < -0.3 is 19.2 Å². The number of rotatable bonds is 0. The van der Waals surface area contributed by atoms with Crippen LogP contribution in [0.2, 0.25) is 26.2 Å². The van der Waals surface area contributed by atoms with Gasteiger partial charge in [-0.3, -0.25) is 0 Å². The first-order chi connectivity index (χ1) is 4.00. The highest BCUT2D eigenvalue weighted by Crippen LogP contribution is 1.82. The monoisotopic (exact) mass is 184 g/mol. The first-order valence-corrected chi connectivity index (χ1v) is 8.68. The molecule has 0 amide bonds. The minimum Gasteiger partial charge on any atom is -0.411 e. The van der Waals surface area contributed by atoms with E-state index in [2.05, 4.69) is 0 Å². The Morgan fingerprint density at radius 2 is 0.600 bits per heavy atom. The molecule has 0 spiro atoms. The summed E-state index contributed by atoms with van der Waals surface area (Å²) in [5.74, 6) is 0. The molecule has 0 saturated heterocycles. The zero-order chi connectivity index (χ0) is 9.00. The fourth-order valence-corrected chi connectivity index (χ4v) is 0. The molecule has 0 saturated carbocycles. The van der Waals surface area contributed by atoms with E-state index in [0.29, 0.717) is 0 Å². The van der Waals surface area contributed by atoms with Gasteiger partial charge in [0.25, 0.3) is 0 Å². The maximum absolute atomic E-state index is 8.22. The molecule has 0 aliphatic rings. The lowest BCUT2D eigenvalue weighted by molar-refractivity contribution is 0.380. The fraction of sp³-hybridized carbons (Fsp3) is 1.00. The molecule has 0 atom stereocenters. The summed E-state index contributed by atoms with van der Waals surface area (Å²) in [4.78, 5) is 32.9. The molecule has 0 heterocycles. The van der Waals surface area contributed by atoms with Gasteiger partial charge in [0.2, 0.25) is 0 Å². The van der Waals surface area contributed by atoms with Crippen LogP contribution in [0.5, 0.6) is 0 Å². The summed E-state index contributed by atoms with van der Waals surface area (Å²) in [6, 6.07) is 0. The van der Waals surface area contributed by atoms with Crippen molar-refractivity contribution in [2.45, 2.75) is 26.2 Å². The first kappa shape index (κ1) is 12.9. The van der Waals surface area contributed by atoms with Crippen LogP contribution in [0.4, 0.5) is 0 Å². The zero-order valence-electron chi connectivity index (χ0n) is 6.79. The molecule has 0 unspecified atom stereocenters. The van der Waals surface area contributed by atoms with Crippen molar-refractivity contribution >= 4 is 17.1 Å². The van der Waals surface area contributed by atoms with E-state index in [4.69, 9.17) is 19.2 Å². The van der Waals surface area contributed by atoms with Crippen molar-refractivity contribution in [1.29, 1.82) is 0 Å². The van der Waals surface area contributed by atoms with Crippen LogP contribution in [-0.4, -0.2) is 36.3 Å². The topological polar surface area (TPSA) is 80.9 Å². The van der Waals surface area contributed by atoms with Gasteiger partial charge in [-0.2, -0.15) is 0 Å². The lowest BCUT2D eigenvalue weighted by Crippen LogP contribution is -2.23. The van der Waals surface area contributed by atoms with E-state index < -0.39 is 17.1 Å². The van der Waals surface area contributed by atoms with Crippen LogP contribution in [0.25, 0.3) is 0 Å². The third-order valence-electron chi connectivity index (χ3n) is 0. The minimum absolute atomic E-state index is 1.44. The van der Waals surface area contributed by atoms with E-state index in [9.17, 15) is 0 Å². The van der Waals surface area contributed by atoms with Crippen molar-refractivity contribution in [2.75, 3.05) is 0 Å². The highest BCUT2D eigenvalue weighted by molar-refractivity contribution is 6.61. The Hall–Kier alpha value is 0.274. The highest BCUT2D eigenvalue weighted by atomic mass is 28.4. The predicted octanol–water partition coefficient (Wildman–Crippen LogP) is -0.654. The first-order valence-electron chi connectivity index (χ1n) is 2.89. The third kappa shape index (κ3) is 5840. The normalized spacial score (nSPS) is 12.0. The molecule has 6 heteroatoms. The van der Waals surface area contributed by atoms with Gasteiger partial charge in [0.15, 0.2) is 0 Å². The van der Waals surface area contributed by atoms with Gasteiger partial charge in [-0.05, 0) is 26.2 Å². The molecule has 4 N–H and O–H groups in total. The molecule has 0 aliphatic heterocycles. The average Bonchev–Trinajstić information content (AvgIpc) is 1.12. The van der Waals surface area contributed by atoms with E-state index >= 15 is 0 Å². The SMILES string of the molecule is C[Si](C)(O)O.C[Si](C)(O)O. The second kappa shape index (κ2) is 4.21. The van der Waals surface area contributed by atoms with Crippen molar-refractivity contribution in [3.8, 4) is 0 Å². The third-order valence-corrected chi connectivity index (χ3v) is 0. The summed E-state index contributed by atoms with van der Waals surface area (Å²) >= 11 is 0. The Morgan fingerprint density at radius 3 is 0.600 bits per heavy atom. The summed E-state index contributed by atoms with van der Waals surface area (Å²) in [6.07, 6.45) is 0. The summed E-state index contributed by atoms with van der Waals surface area (Å²) in [6.45, 7) is 5.75. The molecule has 0 aromatic rings. The van der Waals surface area contributed by atoms with Crippen molar-refractivity contribution in [2.24, 2.45) is 0 Å². The van der Waals surface area contributed by atoms with Gasteiger partial charge in [-0.15, -0.1) is 0 Å². The molecule has 0 aliphatic carbocycles. The van der Waals surface area contributed by atoms with Crippen molar-refractivity contribution in [3.63, 3.8) is 0 Å². The standard InChI is InChI=1S/2C2H8O2Si/c2*1-5(2,3)4/h2*3-4H,1-2H3. The molecular weight excluding hydrogens is 168 g/mol. The molecule has 0 aromatic heterocycles. The summed E-state index contributed by atoms with van der Waals surface area (Å²) < 4.78 is 0. The molecule has 0 fully saturated rings. The van der Waals surface area contributed by atoms with Gasteiger partial charge in [0.1, 0.15) is 0 Å². The van der Waals surface area contributed by atoms with Gasteiger partial charge in [0.05, 0.1) is 0 Å². The molecular formula is C4H16O4Si2. The van der Waals surface area contributed by atoms with Crippen molar-refractivity contribution in [1.82, 2.24) is 0 Å². The second-order valence-electron chi connectivity index (χ2n) is 2.99. The minimum atomic E-state index is -2.61. The predicted molar refractivity (Wildman–Crippen MR) is 43.8 cm³/mol. The van der Waals surface area contributed by atoms with E-state index in [1.807, 2.05) is 0 Å². The average molecular weight is 184 g/mol. The Labute approximate surface area is 63.3 Å². The maximum atomic E-state index is 8.22. The molecule has 0 radical (unpaired) electrons. The van der Waals surface area contributed by atoms with E-state index in [1.54, 1.807) is 0 Å². The summed E-state index contributed by atoms with van der Waals surface area (Å²) in [7, 11) is -5.22. The molecule has 10 heavy (non-hydrogen) atoms. The smallest absolute Gasteiger partial charge is 0.326 e. The van der Waals surface area contributed by atoms with Crippen LogP contribution in [0, 0.1) is 0 Å². The van der Waals surface area contributed by atoms with Gasteiger partial charge in [-0.25, -0.2) is 0 Å². The Kier molecular flexibility index (Phi) is 5.44. The molecule has 0 bridgehead atoms. The van der Waals surface area contributed by atoms with Crippen molar-refractivity contribution < 1.29 is 19.2 Å². The Morgan fingerprint density at radius 1 is 0.600 bits per heavy atom. The van der Waals surface area contributed by atoms with Crippen molar-refractivity contribution in [3.05, 3.63) is 0 Å². The Bertz CT molecular complexity index is 58.2. The van der Waals surface area contributed by atoms with E-state index in [-0.39, 0.29) is 0 Å². The van der Waals surface area contributed by atoms with Crippen LogP contribution >= 0.6 is 0 Å². The van der Waals surface area contributed by atoms with Gasteiger partial charge in [0, 0.05) is 0 Å². The van der Waals surface area contributed by atoms with E-state index in [1.165, 1.54) is 26.2 Å². The molecule has 4 nitrogen and oxygen atoms in total. The fourth-order valence-electron chi connectivity index (χ4n) is 0. The second-order valence-corrected chi connectivity index (χ2v) is 8.97. The van der Waals surface area contributed by atoms with Gasteiger partial charge >= 0.3 is 17.1 Å². The molecule has 0 aromatic carbocycles. The summed E-state index contributed by atoms with van der Waals surface area (Å²) in [5, 5.41) is 0. The number of hydrogen-bond acceptors (Lipinski definition) is 4.